The molecule has 0 aromatic heterocycles. The molecule has 2 aromatic carbocycles. The van der Waals surface area contributed by atoms with Crippen LogP contribution in [-0.4, -0.2) is 25.0 Å². The summed E-state index contributed by atoms with van der Waals surface area (Å²) < 4.78 is 5.88. The van der Waals surface area contributed by atoms with Crippen LogP contribution in [0, 0.1) is 0 Å². The Kier molecular flexibility index (Phi) is 6.35. The predicted molar refractivity (Wildman–Crippen MR) is 92.3 cm³/mol. The Morgan fingerprint density at radius 3 is 2.39 bits per heavy atom. The maximum atomic E-state index is 11.8. The molecule has 0 fully saturated rings. The van der Waals surface area contributed by atoms with Gasteiger partial charge in [-0.3, -0.25) is 4.79 Å². The number of carbonyl (C=O) groups excluding carboxylic acids is 2. The Labute approximate surface area is 144 Å². The topological polar surface area (TPSA) is 55.4 Å². The molecule has 1 atom stereocenters. The van der Waals surface area contributed by atoms with Gasteiger partial charge in [-0.2, -0.15) is 0 Å². The first-order chi connectivity index (χ1) is 11.1. The van der Waals surface area contributed by atoms with Gasteiger partial charge in [-0.1, -0.05) is 53.2 Å². The third kappa shape index (κ3) is 5.53. The van der Waals surface area contributed by atoms with Crippen molar-refractivity contribution in [3.8, 4) is 0 Å². The molecule has 5 heteroatoms. The van der Waals surface area contributed by atoms with E-state index in [1.54, 1.807) is 24.3 Å². The fraction of sp³-hybridized carbons (Fsp3) is 0.222. The molecule has 2 aromatic rings. The summed E-state index contributed by atoms with van der Waals surface area (Å²) in [5.74, 6) is -0.621. The standard InChI is InChI=1S/C18H18BrNO3/c1-13(14-5-3-2-4-6-14)11-20-17(21)12-23-18(22)15-7-9-16(19)10-8-15/h2-10,13H,11-12H2,1H3,(H,20,21)/t13-/m0/s1. The van der Waals surface area contributed by atoms with Crippen LogP contribution < -0.4 is 5.32 Å². The van der Waals surface area contributed by atoms with Crippen molar-refractivity contribution >= 4 is 27.8 Å². The molecule has 0 saturated heterocycles. The van der Waals surface area contributed by atoms with Crippen molar-refractivity contribution in [1.29, 1.82) is 0 Å². The molecule has 4 nitrogen and oxygen atoms in total. The van der Waals surface area contributed by atoms with E-state index in [0.717, 1.165) is 10.0 Å². The summed E-state index contributed by atoms with van der Waals surface area (Å²) in [5.41, 5.74) is 1.57. The van der Waals surface area contributed by atoms with Crippen LogP contribution in [0.5, 0.6) is 0 Å². The lowest BCUT2D eigenvalue weighted by molar-refractivity contribution is -0.124. The van der Waals surface area contributed by atoms with Crippen LogP contribution in [0.25, 0.3) is 0 Å². The van der Waals surface area contributed by atoms with Gasteiger partial charge in [-0.25, -0.2) is 4.79 Å². The molecule has 1 amide bonds. The van der Waals surface area contributed by atoms with E-state index >= 15 is 0 Å². The lowest BCUT2D eigenvalue weighted by Crippen LogP contribution is -2.31. The van der Waals surface area contributed by atoms with Gasteiger partial charge in [-0.05, 0) is 35.7 Å². The van der Waals surface area contributed by atoms with Crippen LogP contribution in [0.4, 0.5) is 0 Å². The van der Waals surface area contributed by atoms with Crippen molar-refractivity contribution in [2.24, 2.45) is 0 Å². The van der Waals surface area contributed by atoms with Crippen LogP contribution in [0.15, 0.2) is 59.1 Å². The number of benzene rings is 2. The molecule has 1 N–H and O–H groups in total. The predicted octanol–water partition coefficient (Wildman–Crippen LogP) is 3.53. The van der Waals surface area contributed by atoms with Crippen LogP contribution >= 0.6 is 15.9 Å². The zero-order valence-electron chi connectivity index (χ0n) is 12.8. The van der Waals surface area contributed by atoms with Crippen molar-refractivity contribution < 1.29 is 14.3 Å². The SMILES string of the molecule is C[C@@H](CNC(=O)COC(=O)c1ccc(Br)cc1)c1ccccc1. The van der Waals surface area contributed by atoms with Crippen LogP contribution in [0.1, 0.15) is 28.8 Å². The number of ether oxygens (including phenoxy) is 1. The Bertz CT molecular complexity index is 656. The van der Waals surface area contributed by atoms with Crippen molar-refractivity contribution in [2.45, 2.75) is 12.8 Å². The van der Waals surface area contributed by atoms with Gasteiger partial charge >= 0.3 is 5.97 Å². The molecule has 0 unspecified atom stereocenters. The summed E-state index contributed by atoms with van der Waals surface area (Å²) in [5, 5.41) is 2.77. The number of hydrogen-bond acceptors (Lipinski definition) is 3. The van der Waals surface area contributed by atoms with E-state index in [1.165, 1.54) is 0 Å². The average Bonchev–Trinajstić information content (AvgIpc) is 2.59. The molecule has 2 rings (SSSR count). The Morgan fingerprint density at radius 1 is 1.09 bits per heavy atom. The summed E-state index contributed by atoms with van der Waals surface area (Å²) in [4.78, 5) is 23.6. The molecule has 120 valence electrons. The fourth-order valence-electron chi connectivity index (χ4n) is 2.02. The molecule has 0 saturated carbocycles. The number of halogens is 1. The number of esters is 1. The van der Waals surface area contributed by atoms with Gasteiger partial charge in [0.1, 0.15) is 0 Å². The minimum atomic E-state index is -0.510. The van der Waals surface area contributed by atoms with Crippen molar-refractivity contribution in [2.75, 3.05) is 13.2 Å². The normalized spacial score (nSPS) is 11.6. The van der Waals surface area contributed by atoms with E-state index in [2.05, 4.69) is 21.2 Å². The maximum Gasteiger partial charge on any atom is 0.338 e. The molecular weight excluding hydrogens is 358 g/mol. The summed E-state index contributed by atoms with van der Waals surface area (Å²) in [6.45, 7) is 2.25. The summed E-state index contributed by atoms with van der Waals surface area (Å²) in [6.07, 6.45) is 0. The highest BCUT2D eigenvalue weighted by Gasteiger charge is 2.11. The van der Waals surface area contributed by atoms with Crippen molar-refractivity contribution in [1.82, 2.24) is 5.32 Å². The molecule has 0 aliphatic heterocycles. The lowest BCUT2D eigenvalue weighted by atomic mass is 10.0. The molecule has 0 radical (unpaired) electrons. The molecule has 0 aliphatic carbocycles. The summed E-state index contributed by atoms with van der Waals surface area (Å²) in [7, 11) is 0. The Hall–Kier alpha value is -2.14. The summed E-state index contributed by atoms with van der Waals surface area (Å²) >= 11 is 3.29. The zero-order chi connectivity index (χ0) is 16.7. The summed E-state index contributed by atoms with van der Waals surface area (Å²) in [6, 6.07) is 16.7. The number of amides is 1. The fourth-order valence-corrected chi connectivity index (χ4v) is 2.28. The van der Waals surface area contributed by atoms with Crippen molar-refractivity contribution in [3.63, 3.8) is 0 Å². The molecule has 0 aliphatic rings. The Morgan fingerprint density at radius 2 is 1.74 bits per heavy atom. The second-order valence-corrected chi connectivity index (χ2v) is 6.11. The van der Waals surface area contributed by atoms with Crippen molar-refractivity contribution in [3.05, 3.63) is 70.2 Å². The third-order valence-corrected chi connectivity index (χ3v) is 3.92. The van der Waals surface area contributed by atoms with E-state index in [0.29, 0.717) is 12.1 Å². The first kappa shape index (κ1) is 17.2. The zero-order valence-corrected chi connectivity index (χ0v) is 14.4. The van der Waals surface area contributed by atoms with Crippen LogP contribution in [0.2, 0.25) is 0 Å². The lowest BCUT2D eigenvalue weighted by Gasteiger charge is -2.13. The molecule has 23 heavy (non-hydrogen) atoms. The van der Waals surface area contributed by atoms with Gasteiger partial charge in [0.25, 0.3) is 5.91 Å². The molecule has 0 spiro atoms. The van der Waals surface area contributed by atoms with Gasteiger partial charge in [-0.15, -0.1) is 0 Å². The highest BCUT2D eigenvalue weighted by molar-refractivity contribution is 9.10. The highest BCUT2D eigenvalue weighted by atomic mass is 79.9. The minimum absolute atomic E-state index is 0.197. The number of nitrogens with one attached hydrogen (secondary N) is 1. The van der Waals surface area contributed by atoms with Crippen LogP contribution in [0.3, 0.4) is 0 Å². The maximum absolute atomic E-state index is 11.8. The number of hydrogen-bond donors (Lipinski definition) is 1. The quantitative estimate of drug-likeness (QED) is 0.785. The van der Waals surface area contributed by atoms with Gasteiger partial charge in [0, 0.05) is 11.0 Å². The van der Waals surface area contributed by atoms with E-state index in [1.807, 2.05) is 37.3 Å². The third-order valence-electron chi connectivity index (χ3n) is 3.39. The molecular formula is C18H18BrNO3. The van der Waals surface area contributed by atoms with E-state index < -0.39 is 5.97 Å². The highest BCUT2D eigenvalue weighted by Crippen LogP contribution is 2.13. The largest absolute Gasteiger partial charge is 0.452 e. The number of rotatable bonds is 6. The number of carbonyl (C=O) groups is 2. The average molecular weight is 376 g/mol. The smallest absolute Gasteiger partial charge is 0.338 e. The Balaban J connectivity index is 1.75. The van der Waals surface area contributed by atoms with E-state index in [-0.39, 0.29) is 18.4 Å². The molecule has 0 heterocycles. The van der Waals surface area contributed by atoms with Gasteiger partial charge in [0.15, 0.2) is 6.61 Å². The second-order valence-electron chi connectivity index (χ2n) is 5.20. The van der Waals surface area contributed by atoms with E-state index in [9.17, 15) is 9.59 Å². The monoisotopic (exact) mass is 375 g/mol. The van der Waals surface area contributed by atoms with E-state index in [4.69, 9.17) is 4.74 Å². The van der Waals surface area contributed by atoms with Gasteiger partial charge in [0.2, 0.25) is 0 Å². The second kappa shape index (κ2) is 8.48. The van der Waals surface area contributed by atoms with Crippen LogP contribution in [-0.2, 0) is 9.53 Å². The van der Waals surface area contributed by atoms with Gasteiger partial charge in [0.05, 0.1) is 5.56 Å². The molecule has 0 bridgehead atoms. The first-order valence-corrected chi connectivity index (χ1v) is 8.10. The first-order valence-electron chi connectivity index (χ1n) is 7.30. The van der Waals surface area contributed by atoms with Gasteiger partial charge < -0.3 is 10.1 Å². The minimum Gasteiger partial charge on any atom is -0.452 e.